The molecule has 2 aliphatic heterocycles. The summed E-state index contributed by atoms with van der Waals surface area (Å²) in [7, 11) is 0. The van der Waals surface area contributed by atoms with Gasteiger partial charge in [-0.25, -0.2) is 4.98 Å². The average Bonchev–Trinajstić information content (AvgIpc) is 3.57. The molecular weight excluding hydrogens is 438 g/mol. The number of nitriles is 1. The van der Waals surface area contributed by atoms with E-state index >= 15 is 0 Å². The van der Waals surface area contributed by atoms with E-state index < -0.39 is 0 Å². The molecule has 3 aromatic rings. The van der Waals surface area contributed by atoms with Crippen molar-refractivity contribution in [2.75, 3.05) is 31.5 Å². The van der Waals surface area contributed by atoms with Crippen molar-refractivity contribution >= 4 is 38.5 Å². The number of anilines is 1. The first-order valence-electron chi connectivity index (χ1n) is 11.2. The molecule has 33 heavy (non-hydrogen) atoms. The summed E-state index contributed by atoms with van der Waals surface area (Å²) >= 11 is 1.45. The summed E-state index contributed by atoms with van der Waals surface area (Å²) in [6.07, 6.45) is 8.55. The lowest BCUT2D eigenvalue weighted by molar-refractivity contribution is -0.130. The van der Waals surface area contributed by atoms with Crippen LogP contribution in [0.25, 0.3) is 21.3 Å². The molecule has 170 valence electrons. The second kappa shape index (κ2) is 8.83. The average molecular weight is 464 g/mol. The zero-order valence-corrected chi connectivity index (χ0v) is 19.2. The predicted octanol–water partition coefficient (Wildman–Crippen LogP) is 3.08. The summed E-state index contributed by atoms with van der Waals surface area (Å²) < 4.78 is 3.01. The summed E-state index contributed by atoms with van der Waals surface area (Å²) in [6.45, 7) is 4.25. The second-order valence-electron chi connectivity index (χ2n) is 8.67. The number of nitrogens with one attached hydrogen (secondary N) is 1. The molecule has 4 heterocycles. The number of hydrogen-bond donors (Lipinski definition) is 1. The van der Waals surface area contributed by atoms with Gasteiger partial charge in [0.25, 0.3) is 0 Å². The molecule has 1 N–H and O–H groups in total. The molecule has 0 aliphatic carbocycles. The van der Waals surface area contributed by atoms with E-state index in [1.807, 2.05) is 27.9 Å². The Bertz CT molecular complexity index is 1240. The smallest absolute Gasteiger partial charge is 0.231 e. The summed E-state index contributed by atoms with van der Waals surface area (Å²) in [6, 6.07) is 6.37. The second-order valence-corrected chi connectivity index (χ2v) is 9.70. The van der Waals surface area contributed by atoms with Gasteiger partial charge >= 0.3 is 0 Å². The molecule has 1 atom stereocenters. The Balaban J connectivity index is 1.27. The third-order valence-electron chi connectivity index (χ3n) is 6.54. The summed E-state index contributed by atoms with van der Waals surface area (Å²) in [4.78, 5) is 32.1. The highest BCUT2D eigenvalue weighted by Gasteiger charge is 2.28. The van der Waals surface area contributed by atoms with Crippen LogP contribution >= 0.6 is 11.3 Å². The van der Waals surface area contributed by atoms with Crippen molar-refractivity contribution in [3.63, 3.8) is 0 Å². The lowest BCUT2D eigenvalue weighted by atomic mass is 10.1. The fraction of sp³-hybridized carbons (Fsp3) is 0.435. The van der Waals surface area contributed by atoms with Crippen LogP contribution in [0.2, 0.25) is 0 Å². The van der Waals surface area contributed by atoms with Crippen LogP contribution in [-0.2, 0) is 9.59 Å². The number of carbonyl (C=O) groups is 2. The number of thiazole rings is 1. The third-order valence-corrected chi connectivity index (χ3v) is 7.47. The zero-order chi connectivity index (χ0) is 22.9. The monoisotopic (exact) mass is 463 g/mol. The Kier molecular flexibility index (Phi) is 5.72. The molecule has 5 rings (SSSR count). The van der Waals surface area contributed by atoms with Gasteiger partial charge in [0.2, 0.25) is 11.8 Å². The number of likely N-dealkylation sites (tertiary alicyclic amines) is 2. The van der Waals surface area contributed by atoms with Gasteiger partial charge < -0.3 is 15.1 Å². The molecular formula is C23H25N7O2S. The maximum absolute atomic E-state index is 12.5. The number of nitrogens with zero attached hydrogens (tertiary/aromatic N) is 6. The number of amides is 2. The van der Waals surface area contributed by atoms with Gasteiger partial charge in [-0.3, -0.25) is 14.3 Å². The predicted molar refractivity (Wildman–Crippen MR) is 125 cm³/mol. The molecule has 2 aliphatic rings. The van der Waals surface area contributed by atoms with Gasteiger partial charge in [-0.2, -0.15) is 10.4 Å². The normalized spacial score (nSPS) is 19.1. The molecule has 10 heteroatoms. The zero-order valence-electron chi connectivity index (χ0n) is 18.4. The van der Waals surface area contributed by atoms with Gasteiger partial charge in [-0.05, 0) is 37.0 Å². The van der Waals surface area contributed by atoms with E-state index in [4.69, 9.17) is 5.26 Å². The van der Waals surface area contributed by atoms with Crippen LogP contribution in [-0.4, -0.2) is 62.6 Å². The SMILES string of the molecule is CC(=O)N1CCC(n2cc(-c3ccc4nc(NC(=O)[C@H]5CCN(C#N)C5)sc4c3)cn2)CC1. The van der Waals surface area contributed by atoms with E-state index in [1.165, 1.54) is 11.3 Å². The largest absolute Gasteiger partial charge is 0.343 e. The van der Waals surface area contributed by atoms with Crippen LogP contribution in [0.4, 0.5) is 5.13 Å². The highest BCUT2D eigenvalue weighted by Crippen LogP contribution is 2.32. The molecule has 0 spiro atoms. The standard InChI is InChI=1S/C23H25N7O2S/c1-15(31)29-8-5-19(6-9-29)30-13-18(11-25-30)16-2-3-20-21(10-16)33-23(26-20)27-22(32)17-4-7-28(12-17)14-24/h2-3,10-11,13,17,19H,4-9,12H2,1H3,(H,26,27,32)/t17-/m0/s1. The van der Waals surface area contributed by atoms with E-state index in [9.17, 15) is 9.59 Å². The van der Waals surface area contributed by atoms with Gasteiger partial charge in [0.05, 0.1) is 28.4 Å². The Morgan fingerprint density at radius 1 is 1.18 bits per heavy atom. The minimum Gasteiger partial charge on any atom is -0.343 e. The fourth-order valence-electron chi connectivity index (χ4n) is 4.56. The van der Waals surface area contributed by atoms with E-state index in [-0.39, 0.29) is 17.7 Å². The van der Waals surface area contributed by atoms with Crippen molar-refractivity contribution in [1.29, 1.82) is 5.26 Å². The molecule has 9 nitrogen and oxygen atoms in total. The number of aromatic nitrogens is 3. The fourth-order valence-corrected chi connectivity index (χ4v) is 5.47. The molecule has 2 aromatic heterocycles. The minimum atomic E-state index is -0.180. The van der Waals surface area contributed by atoms with Crippen LogP contribution in [0.1, 0.15) is 32.2 Å². The van der Waals surface area contributed by atoms with E-state index in [0.29, 0.717) is 30.7 Å². The molecule has 1 aromatic carbocycles. The molecule has 0 radical (unpaired) electrons. The lowest BCUT2D eigenvalue weighted by Crippen LogP contribution is -2.37. The lowest BCUT2D eigenvalue weighted by Gasteiger charge is -2.31. The maximum atomic E-state index is 12.5. The van der Waals surface area contributed by atoms with Crippen LogP contribution in [0, 0.1) is 17.4 Å². The topological polar surface area (TPSA) is 107 Å². The third kappa shape index (κ3) is 4.41. The first-order chi connectivity index (χ1) is 16.0. The number of hydrogen-bond acceptors (Lipinski definition) is 7. The number of benzene rings is 1. The van der Waals surface area contributed by atoms with Crippen LogP contribution in [0.3, 0.4) is 0 Å². The number of fused-ring (bicyclic) bond motifs is 1. The van der Waals surface area contributed by atoms with Crippen LogP contribution in [0.5, 0.6) is 0 Å². The van der Waals surface area contributed by atoms with Gasteiger partial charge in [-0.15, -0.1) is 0 Å². The molecule has 2 amide bonds. The van der Waals surface area contributed by atoms with Crippen molar-refractivity contribution < 1.29 is 9.59 Å². The van der Waals surface area contributed by atoms with Crippen molar-refractivity contribution in [3.8, 4) is 17.3 Å². The van der Waals surface area contributed by atoms with Gasteiger partial charge in [0.15, 0.2) is 11.3 Å². The van der Waals surface area contributed by atoms with E-state index in [2.05, 4.69) is 33.9 Å². The van der Waals surface area contributed by atoms with E-state index in [1.54, 1.807) is 11.8 Å². The summed E-state index contributed by atoms with van der Waals surface area (Å²) in [5, 5.41) is 17.1. The molecule has 2 fully saturated rings. The van der Waals surface area contributed by atoms with Gasteiger partial charge in [0.1, 0.15) is 0 Å². The molecule has 0 unspecified atom stereocenters. The number of rotatable bonds is 4. The first kappa shape index (κ1) is 21.4. The molecule has 0 saturated carbocycles. The molecule has 2 saturated heterocycles. The summed E-state index contributed by atoms with van der Waals surface area (Å²) in [5.74, 6) is -0.125. The quantitative estimate of drug-likeness (QED) is 0.596. The number of carbonyl (C=O) groups excluding carboxylic acids is 2. The van der Waals surface area contributed by atoms with Crippen molar-refractivity contribution in [1.82, 2.24) is 24.6 Å². The highest BCUT2D eigenvalue weighted by atomic mass is 32.1. The van der Waals surface area contributed by atoms with Crippen molar-refractivity contribution in [3.05, 3.63) is 30.6 Å². The first-order valence-corrected chi connectivity index (χ1v) is 12.0. The Morgan fingerprint density at radius 3 is 2.73 bits per heavy atom. The van der Waals surface area contributed by atoms with Crippen LogP contribution < -0.4 is 5.32 Å². The highest BCUT2D eigenvalue weighted by molar-refractivity contribution is 7.22. The summed E-state index contributed by atoms with van der Waals surface area (Å²) in [5.41, 5.74) is 2.93. The van der Waals surface area contributed by atoms with Crippen molar-refractivity contribution in [2.45, 2.75) is 32.2 Å². The van der Waals surface area contributed by atoms with Gasteiger partial charge in [-0.1, -0.05) is 17.4 Å². The Hall–Kier alpha value is -3.45. The van der Waals surface area contributed by atoms with E-state index in [0.717, 1.165) is 47.3 Å². The number of piperidine rings is 1. The van der Waals surface area contributed by atoms with Crippen molar-refractivity contribution in [2.24, 2.45) is 5.92 Å². The Morgan fingerprint density at radius 2 is 2.00 bits per heavy atom. The Labute approximate surface area is 195 Å². The molecule has 0 bridgehead atoms. The maximum Gasteiger partial charge on any atom is 0.231 e. The minimum absolute atomic E-state index is 0.0795. The van der Waals surface area contributed by atoms with Gasteiger partial charge in [0, 0.05) is 44.9 Å². The van der Waals surface area contributed by atoms with Crippen LogP contribution in [0.15, 0.2) is 30.6 Å².